The van der Waals surface area contributed by atoms with E-state index in [1.165, 1.54) is 0 Å². The minimum Gasteiger partial charge on any atom is -0.489 e. The van der Waals surface area contributed by atoms with Gasteiger partial charge < -0.3 is 14.8 Å². The van der Waals surface area contributed by atoms with Gasteiger partial charge in [0.1, 0.15) is 11.6 Å². The second kappa shape index (κ2) is 11.3. The van der Waals surface area contributed by atoms with Gasteiger partial charge in [-0.05, 0) is 74.6 Å². The van der Waals surface area contributed by atoms with Gasteiger partial charge in [0, 0.05) is 29.2 Å². The molecule has 4 aromatic rings. The van der Waals surface area contributed by atoms with Crippen LogP contribution in [0.4, 0.5) is 0 Å². The molecule has 0 spiro atoms. The fourth-order valence-electron chi connectivity index (χ4n) is 4.11. The van der Waals surface area contributed by atoms with Gasteiger partial charge in [0.25, 0.3) is 0 Å². The van der Waals surface area contributed by atoms with Gasteiger partial charge in [-0.1, -0.05) is 47.5 Å². The summed E-state index contributed by atoms with van der Waals surface area (Å²) in [4.78, 5) is 20.9. The van der Waals surface area contributed by atoms with E-state index in [1.807, 2.05) is 56.3 Å². The van der Waals surface area contributed by atoms with Crippen LogP contribution in [0.5, 0.6) is 5.75 Å². The number of benzene rings is 3. The number of hydrogen-bond acceptors (Lipinski definition) is 4. The monoisotopic (exact) mass is 510 g/mol. The van der Waals surface area contributed by atoms with Crippen molar-refractivity contribution in [3.63, 3.8) is 0 Å². The van der Waals surface area contributed by atoms with Crippen LogP contribution in [0.15, 0.2) is 60.7 Å². The predicted octanol–water partition coefficient (Wildman–Crippen LogP) is 7.14. The van der Waals surface area contributed by atoms with Gasteiger partial charge in [0.05, 0.1) is 22.2 Å². The van der Waals surface area contributed by atoms with Crippen LogP contribution in [0.25, 0.3) is 22.4 Å². The summed E-state index contributed by atoms with van der Waals surface area (Å²) in [6.07, 6.45) is 1.55. The van der Waals surface area contributed by atoms with E-state index in [0.717, 1.165) is 28.0 Å². The highest BCUT2D eigenvalue weighted by atomic mass is 35.5. The number of H-pyrrole nitrogens is 1. The number of halogens is 2. The summed E-state index contributed by atoms with van der Waals surface area (Å²) < 4.78 is 5.65. The second-order valence-electron chi connectivity index (χ2n) is 8.97. The molecule has 0 amide bonds. The number of nitrogens with zero attached hydrogens (tertiary/aromatic N) is 1. The maximum absolute atomic E-state index is 13.0. The molecule has 0 unspecified atom stereocenters. The standard InChI is InChI=1S/C28H28Cl2N2O3/c1-17(2)35-27-10-7-21(15-23(27)30)26(34)14-19(11-12-33)13-18-3-5-20(6-4-18)28-31-24-9-8-22(29)16-25(24)32-28/h3-10,15-17,19,33H,11-14H2,1-2H3,(H,31,32)/t19-/m1/s1. The molecular formula is C28H28Cl2N2O3. The van der Waals surface area contributed by atoms with Gasteiger partial charge in [-0.3, -0.25) is 4.79 Å². The van der Waals surface area contributed by atoms with Crippen molar-refractivity contribution in [1.82, 2.24) is 9.97 Å². The van der Waals surface area contributed by atoms with Crippen LogP contribution >= 0.6 is 23.2 Å². The summed E-state index contributed by atoms with van der Waals surface area (Å²) >= 11 is 12.4. The van der Waals surface area contributed by atoms with Crippen LogP contribution in [-0.4, -0.2) is 33.6 Å². The van der Waals surface area contributed by atoms with Crippen LogP contribution in [0.2, 0.25) is 10.0 Å². The molecule has 0 aliphatic rings. The third-order valence-corrected chi connectivity index (χ3v) is 6.35. The summed E-state index contributed by atoms with van der Waals surface area (Å²) in [6, 6.07) is 18.8. The van der Waals surface area contributed by atoms with E-state index >= 15 is 0 Å². The lowest BCUT2D eigenvalue weighted by Crippen LogP contribution is -2.13. The Hall–Kier alpha value is -2.86. The van der Waals surface area contributed by atoms with Crippen LogP contribution < -0.4 is 4.74 Å². The minimum absolute atomic E-state index is 0.000264. The van der Waals surface area contributed by atoms with Crippen molar-refractivity contribution in [2.45, 2.75) is 39.2 Å². The van der Waals surface area contributed by atoms with Gasteiger partial charge in [0.2, 0.25) is 0 Å². The summed E-state index contributed by atoms with van der Waals surface area (Å²) in [6.45, 7) is 3.88. The van der Waals surface area contributed by atoms with Gasteiger partial charge in [0.15, 0.2) is 5.78 Å². The van der Waals surface area contributed by atoms with E-state index in [9.17, 15) is 9.90 Å². The number of hydrogen-bond donors (Lipinski definition) is 2. The van der Waals surface area contributed by atoms with Crippen LogP contribution in [0.1, 0.15) is 42.6 Å². The van der Waals surface area contributed by atoms with E-state index in [4.69, 9.17) is 27.9 Å². The van der Waals surface area contributed by atoms with E-state index in [-0.39, 0.29) is 24.4 Å². The number of aliphatic hydroxyl groups is 1. The molecule has 1 atom stereocenters. The first-order valence-electron chi connectivity index (χ1n) is 11.7. The number of ketones is 1. The first kappa shape index (κ1) is 25.2. The number of aromatic amines is 1. The van der Waals surface area contributed by atoms with Crippen molar-refractivity contribution >= 4 is 40.0 Å². The normalized spacial score (nSPS) is 12.3. The van der Waals surface area contributed by atoms with Crippen molar-refractivity contribution < 1.29 is 14.6 Å². The van der Waals surface area contributed by atoms with E-state index in [0.29, 0.717) is 40.6 Å². The molecule has 0 radical (unpaired) electrons. The molecule has 3 aromatic carbocycles. The lowest BCUT2D eigenvalue weighted by atomic mass is 9.89. The molecule has 5 nitrogen and oxygen atoms in total. The lowest BCUT2D eigenvalue weighted by Gasteiger charge is -2.16. The largest absolute Gasteiger partial charge is 0.489 e. The molecule has 4 rings (SSSR count). The number of rotatable bonds is 10. The molecule has 0 aliphatic heterocycles. The van der Waals surface area contributed by atoms with Crippen molar-refractivity contribution in [3.8, 4) is 17.1 Å². The van der Waals surface area contributed by atoms with Crippen molar-refractivity contribution in [2.24, 2.45) is 5.92 Å². The Morgan fingerprint density at radius 1 is 1.06 bits per heavy atom. The molecule has 0 bridgehead atoms. The molecule has 7 heteroatoms. The number of Topliss-reactive ketones (excluding diaryl/α,β-unsaturated/α-hetero) is 1. The van der Waals surface area contributed by atoms with E-state index in [2.05, 4.69) is 9.97 Å². The number of ether oxygens (including phenoxy) is 1. The first-order valence-corrected chi connectivity index (χ1v) is 12.4. The topological polar surface area (TPSA) is 75.2 Å². The molecule has 0 fully saturated rings. The zero-order chi connectivity index (χ0) is 24.9. The third-order valence-electron chi connectivity index (χ3n) is 5.82. The van der Waals surface area contributed by atoms with Gasteiger partial charge in [-0.2, -0.15) is 0 Å². The Morgan fingerprint density at radius 2 is 1.83 bits per heavy atom. The highest BCUT2D eigenvalue weighted by Crippen LogP contribution is 2.29. The molecule has 0 aliphatic carbocycles. The van der Waals surface area contributed by atoms with Crippen LogP contribution in [-0.2, 0) is 6.42 Å². The smallest absolute Gasteiger partial charge is 0.163 e. The van der Waals surface area contributed by atoms with Gasteiger partial charge in [-0.15, -0.1) is 0 Å². The summed E-state index contributed by atoms with van der Waals surface area (Å²) in [5.41, 5.74) is 4.36. The Kier molecular flexibility index (Phi) is 8.11. The Labute approximate surface area is 215 Å². The lowest BCUT2D eigenvalue weighted by molar-refractivity contribution is 0.0953. The zero-order valence-electron chi connectivity index (χ0n) is 19.7. The molecule has 35 heavy (non-hydrogen) atoms. The molecule has 0 saturated carbocycles. The molecule has 1 heterocycles. The van der Waals surface area contributed by atoms with E-state index < -0.39 is 0 Å². The Bertz CT molecular complexity index is 1320. The van der Waals surface area contributed by atoms with E-state index in [1.54, 1.807) is 18.2 Å². The Morgan fingerprint density at radius 3 is 2.51 bits per heavy atom. The second-order valence-corrected chi connectivity index (χ2v) is 9.81. The van der Waals surface area contributed by atoms with Crippen molar-refractivity contribution in [3.05, 3.63) is 81.8 Å². The van der Waals surface area contributed by atoms with Crippen LogP contribution in [0.3, 0.4) is 0 Å². The van der Waals surface area contributed by atoms with Gasteiger partial charge in [-0.25, -0.2) is 4.98 Å². The molecule has 2 N–H and O–H groups in total. The number of carbonyl (C=O) groups is 1. The average molecular weight is 511 g/mol. The highest BCUT2D eigenvalue weighted by molar-refractivity contribution is 6.32. The number of nitrogens with one attached hydrogen (secondary N) is 1. The SMILES string of the molecule is CC(C)Oc1ccc(C(=O)C[C@H](CCO)Cc2ccc(-c3nc4ccc(Cl)cc4[nH]3)cc2)cc1Cl. The average Bonchev–Trinajstić information content (AvgIpc) is 3.24. The molecule has 1 aromatic heterocycles. The fourth-order valence-corrected chi connectivity index (χ4v) is 4.51. The number of carbonyl (C=O) groups excluding carboxylic acids is 1. The number of fused-ring (bicyclic) bond motifs is 1. The first-order chi connectivity index (χ1) is 16.8. The number of aliphatic hydroxyl groups excluding tert-OH is 1. The summed E-state index contributed by atoms with van der Waals surface area (Å²) in [7, 11) is 0. The minimum atomic E-state index is -0.000923. The van der Waals surface area contributed by atoms with Crippen molar-refractivity contribution in [1.29, 1.82) is 0 Å². The molecule has 182 valence electrons. The number of imidazole rings is 1. The highest BCUT2D eigenvalue weighted by Gasteiger charge is 2.18. The Balaban J connectivity index is 1.44. The maximum Gasteiger partial charge on any atom is 0.163 e. The van der Waals surface area contributed by atoms with Gasteiger partial charge >= 0.3 is 0 Å². The molecule has 0 saturated heterocycles. The quantitative estimate of drug-likeness (QED) is 0.222. The maximum atomic E-state index is 13.0. The zero-order valence-corrected chi connectivity index (χ0v) is 21.2. The predicted molar refractivity (Wildman–Crippen MR) is 142 cm³/mol. The summed E-state index contributed by atoms with van der Waals surface area (Å²) in [5.74, 6) is 1.35. The van der Waals surface area contributed by atoms with Crippen molar-refractivity contribution in [2.75, 3.05) is 6.61 Å². The molecular weight excluding hydrogens is 483 g/mol. The van der Waals surface area contributed by atoms with Crippen LogP contribution in [0, 0.1) is 5.92 Å². The third kappa shape index (κ3) is 6.43. The summed E-state index contributed by atoms with van der Waals surface area (Å²) in [5, 5.41) is 10.7. The fraction of sp³-hybridized carbons (Fsp3) is 0.286. The number of aromatic nitrogens is 2.